The number of nitrogens with zero attached hydrogens (tertiary/aromatic N) is 3. The molecule has 2 aromatic rings. The van der Waals surface area contributed by atoms with E-state index in [1.165, 1.54) is 23.4 Å². The fourth-order valence-electron chi connectivity index (χ4n) is 1.15. The Morgan fingerprint density at radius 2 is 2.25 bits per heavy atom. The van der Waals surface area contributed by atoms with Gasteiger partial charge in [-0.25, -0.2) is 4.98 Å². The zero-order valence-electron chi connectivity index (χ0n) is 8.38. The molecule has 2 rings (SSSR count). The summed E-state index contributed by atoms with van der Waals surface area (Å²) in [5.41, 5.74) is 5.82. The van der Waals surface area contributed by atoms with Gasteiger partial charge in [-0.2, -0.15) is 13.5 Å². The van der Waals surface area contributed by atoms with E-state index < -0.39 is 10.0 Å². The average molecular weight is 242 g/mol. The molecule has 0 atom stereocenters. The molecule has 0 aromatic carbocycles. The van der Waals surface area contributed by atoms with Crippen molar-refractivity contribution in [3.8, 4) is 0 Å². The first-order valence-corrected chi connectivity index (χ1v) is 5.77. The predicted molar refractivity (Wildman–Crippen MR) is 57.0 cm³/mol. The average Bonchev–Trinajstić information content (AvgIpc) is 2.83. The largest absolute Gasteiger partial charge is 0.394 e. The Hall–Kier alpha value is -2.03. The van der Waals surface area contributed by atoms with E-state index in [1.54, 1.807) is 7.05 Å². The smallest absolute Gasteiger partial charge is 0.280 e. The molecule has 8 nitrogen and oxygen atoms in total. The first kappa shape index (κ1) is 10.5. The van der Waals surface area contributed by atoms with Gasteiger partial charge >= 0.3 is 0 Å². The van der Waals surface area contributed by atoms with Gasteiger partial charge in [-0.05, 0) is 0 Å². The van der Waals surface area contributed by atoms with Crippen LogP contribution in [0, 0.1) is 0 Å². The maximum atomic E-state index is 11.8. The molecule has 9 heteroatoms. The highest BCUT2D eigenvalue weighted by molar-refractivity contribution is 7.92. The molecular formula is C7H10N6O2S. The minimum atomic E-state index is -3.69. The summed E-state index contributed by atoms with van der Waals surface area (Å²) in [6.45, 7) is 0. The van der Waals surface area contributed by atoms with Crippen molar-refractivity contribution in [2.24, 2.45) is 7.05 Å². The molecule has 0 radical (unpaired) electrons. The number of nitrogens with one attached hydrogen (secondary N) is 2. The van der Waals surface area contributed by atoms with E-state index in [-0.39, 0.29) is 16.5 Å². The Bertz CT molecular complexity index is 565. The number of nitrogen functional groups attached to an aromatic ring is 1. The summed E-state index contributed by atoms with van der Waals surface area (Å²) in [5, 5.41) is 3.79. The second-order valence-electron chi connectivity index (χ2n) is 3.09. The summed E-state index contributed by atoms with van der Waals surface area (Å²) in [7, 11) is -2.11. The lowest BCUT2D eigenvalue weighted by molar-refractivity contribution is 0.597. The molecule has 4 N–H and O–H groups in total. The van der Waals surface area contributed by atoms with Crippen molar-refractivity contribution in [1.82, 2.24) is 19.7 Å². The Morgan fingerprint density at radius 1 is 1.50 bits per heavy atom. The number of rotatable bonds is 3. The number of nitrogens with two attached hydrogens (primary N) is 1. The van der Waals surface area contributed by atoms with Crippen LogP contribution in [-0.4, -0.2) is 28.2 Å². The normalized spacial score (nSPS) is 11.6. The Labute approximate surface area is 91.5 Å². The molecule has 0 aliphatic rings. The number of hydrogen-bond acceptors (Lipinski definition) is 5. The molecule has 0 saturated heterocycles. The molecule has 0 amide bonds. The molecule has 16 heavy (non-hydrogen) atoms. The van der Waals surface area contributed by atoms with Crippen molar-refractivity contribution in [1.29, 1.82) is 0 Å². The molecule has 2 aromatic heterocycles. The Morgan fingerprint density at radius 3 is 2.75 bits per heavy atom. The number of imidazole rings is 1. The molecule has 0 spiro atoms. The van der Waals surface area contributed by atoms with Crippen molar-refractivity contribution >= 4 is 21.5 Å². The molecule has 2 heterocycles. The van der Waals surface area contributed by atoms with Crippen LogP contribution in [0.4, 0.5) is 11.5 Å². The molecule has 0 saturated carbocycles. The van der Waals surface area contributed by atoms with Gasteiger partial charge in [0.1, 0.15) is 0 Å². The van der Waals surface area contributed by atoms with E-state index in [0.29, 0.717) is 0 Å². The SMILES string of the molecule is Cn1ncc(N)c1NS(=O)(=O)c1cnc[nH]1. The van der Waals surface area contributed by atoms with Crippen LogP contribution in [0.5, 0.6) is 0 Å². The zero-order valence-corrected chi connectivity index (χ0v) is 9.19. The standard InChI is InChI=1S/C7H10N6O2S/c1-13-7(5(8)2-11-13)12-16(14,15)6-3-9-4-10-6/h2-4,12H,8H2,1H3,(H,9,10). The number of aryl methyl sites for hydroxylation is 1. The second-order valence-corrected chi connectivity index (χ2v) is 4.74. The highest BCUT2D eigenvalue weighted by atomic mass is 32.2. The van der Waals surface area contributed by atoms with Gasteiger partial charge in [0, 0.05) is 7.05 Å². The number of H-pyrrole nitrogens is 1. The van der Waals surface area contributed by atoms with Gasteiger partial charge in [0.15, 0.2) is 10.8 Å². The van der Waals surface area contributed by atoms with Gasteiger partial charge in [-0.3, -0.25) is 9.40 Å². The van der Waals surface area contributed by atoms with Crippen molar-refractivity contribution in [2.75, 3.05) is 10.5 Å². The van der Waals surface area contributed by atoms with Gasteiger partial charge in [-0.1, -0.05) is 0 Å². The van der Waals surface area contributed by atoms with Crippen molar-refractivity contribution in [3.05, 3.63) is 18.7 Å². The van der Waals surface area contributed by atoms with E-state index in [4.69, 9.17) is 5.73 Å². The van der Waals surface area contributed by atoms with Crippen LogP contribution in [0.2, 0.25) is 0 Å². The van der Waals surface area contributed by atoms with Gasteiger partial charge in [0.25, 0.3) is 10.0 Å². The minimum absolute atomic E-state index is 0.0342. The first-order valence-electron chi connectivity index (χ1n) is 4.29. The predicted octanol–water partition coefficient (Wildman–Crippen LogP) is -0.474. The summed E-state index contributed by atoms with van der Waals surface area (Å²) < 4.78 is 27.2. The highest BCUT2D eigenvalue weighted by Crippen LogP contribution is 2.19. The number of aromatic nitrogens is 4. The maximum Gasteiger partial charge on any atom is 0.280 e. The lowest BCUT2D eigenvalue weighted by atomic mass is 10.5. The Kier molecular flexibility index (Phi) is 2.31. The lowest BCUT2D eigenvalue weighted by Crippen LogP contribution is -2.16. The minimum Gasteiger partial charge on any atom is -0.394 e. The van der Waals surface area contributed by atoms with Crippen LogP contribution in [-0.2, 0) is 17.1 Å². The molecule has 0 fully saturated rings. The van der Waals surface area contributed by atoms with Crippen LogP contribution in [0.25, 0.3) is 0 Å². The summed E-state index contributed by atoms with van der Waals surface area (Å²) in [6.07, 6.45) is 3.85. The number of sulfonamides is 1. The first-order chi connectivity index (χ1) is 7.50. The van der Waals surface area contributed by atoms with Crippen molar-refractivity contribution in [2.45, 2.75) is 5.03 Å². The number of anilines is 2. The van der Waals surface area contributed by atoms with E-state index >= 15 is 0 Å². The van der Waals surface area contributed by atoms with E-state index in [9.17, 15) is 8.42 Å². The quantitative estimate of drug-likeness (QED) is 0.672. The summed E-state index contributed by atoms with van der Waals surface area (Å²) in [5.74, 6) is 0.217. The molecular weight excluding hydrogens is 232 g/mol. The van der Waals surface area contributed by atoms with Crippen LogP contribution >= 0.6 is 0 Å². The third-order valence-corrected chi connectivity index (χ3v) is 3.23. The molecule has 0 bridgehead atoms. The lowest BCUT2D eigenvalue weighted by Gasteiger charge is -2.06. The molecule has 0 unspecified atom stereocenters. The number of hydrogen-bond donors (Lipinski definition) is 3. The van der Waals surface area contributed by atoms with Crippen LogP contribution in [0.15, 0.2) is 23.7 Å². The summed E-state index contributed by atoms with van der Waals surface area (Å²) >= 11 is 0. The van der Waals surface area contributed by atoms with Gasteiger partial charge in [0.2, 0.25) is 0 Å². The summed E-state index contributed by atoms with van der Waals surface area (Å²) in [6, 6.07) is 0. The van der Waals surface area contributed by atoms with Crippen LogP contribution < -0.4 is 10.5 Å². The fourth-order valence-corrected chi connectivity index (χ4v) is 2.17. The van der Waals surface area contributed by atoms with E-state index in [2.05, 4.69) is 19.8 Å². The monoisotopic (exact) mass is 242 g/mol. The van der Waals surface area contributed by atoms with Crippen LogP contribution in [0.1, 0.15) is 0 Å². The van der Waals surface area contributed by atoms with E-state index in [0.717, 1.165) is 0 Å². The molecule has 0 aliphatic carbocycles. The van der Waals surface area contributed by atoms with Crippen LogP contribution in [0.3, 0.4) is 0 Å². The highest BCUT2D eigenvalue weighted by Gasteiger charge is 2.18. The van der Waals surface area contributed by atoms with Crippen molar-refractivity contribution in [3.63, 3.8) is 0 Å². The summed E-state index contributed by atoms with van der Waals surface area (Å²) in [4.78, 5) is 6.13. The van der Waals surface area contributed by atoms with Gasteiger partial charge in [0.05, 0.1) is 24.4 Å². The van der Waals surface area contributed by atoms with Gasteiger partial charge in [-0.15, -0.1) is 0 Å². The topological polar surface area (TPSA) is 119 Å². The molecule has 0 aliphatic heterocycles. The third-order valence-electron chi connectivity index (χ3n) is 1.96. The number of aromatic amines is 1. The molecule has 86 valence electrons. The Balaban J connectivity index is 2.36. The second kappa shape index (κ2) is 3.52. The van der Waals surface area contributed by atoms with Gasteiger partial charge < -0.3 is 10.7 Å². The zero-order chi connectivity index (χ0) is 11.8. The van der Waals surface area contributed by atoms with Crippen molar-refractivity contribution < 1.29 is 8.42 Å². The fraction of sp³-hybridized carbons (Fsp3) is 0.143. The van der Waals surface area contributed by atoms with E-state index in [1.807, 2.05) is 0 Å². The maximum absolute atomic E-state index is 11.8. The third kappa shape index (κ3) is 1.72.